The largest absolute Gasteiger partial charge is 0.444 e. The molecule has 18 heavy (non-hydrogen) atoms. The van der Waals surface area contributed by atoms with Crippen molar-refractivity contribution in [1.29, 1.82) is 0 Å². The van der Waals surface area contributed by atoms with E-state index >= 15 is 0 Å². The van der Waals surface area contributed by atoms with Crippen molar-refractivity contribution >= 4 is 6.09 Å². The molecule has 0 saturated carbocycles. The van der Waals surface area contributed by atoms with Crippen molar-refractivity contribution in [2.45, 2.75) is 65.6 Å². The molecule has 1 aliphatic heterocycles. The second-order valence-electron chi connectivity index (χ2n) is 6.68. The Hall–Kier alpha value is -0.770. The van der Waals surface area contributed by atoms with Crippen LogP contribution in [0.1, 0.15) is 48.0 Å². The third kappa shape index (κ3) is 4.48. The average Bonchev–Trinajstić information content (AvgIpc) is 2.13. The summed E-state index contributed by atoms with van der Waals surface area (Å²) >= 11 is 0. The predicted octanol–water partition coefficient (Wildman–Crippen LogP) is 2.63. The standard InChI is InChI=1S/C14H28N2O2/c1-10(2)7-12-9-15-8-11(3)16(12)13(17)18-14(4,5)6/h10-12,15H,7-9H2,1-6H3/t11-,12?/m1/s1. The topological polar surface area (TPSA) is 41.6 Å². The number of carbonyl (C=O) groups excluding carboxylic acids is 1. The minimum atomic E-state index is -0.427. The Bertz CT molecular complexity index is 284. The molecule has 1 fully saturated rings. The first kappa shape index (κ1) is 15.3. The highest BCUT2D eigenvalue weighted by molar-refractivity contribution is 5.69. The lowest BCUT2D eigenvalue weighted by Crippen LogP contribution is -2.59. The summed E-state index contributed by atoms with van der Waals surface area (Å²) in [7, 11) is 0. The van der Waals surface area contributed by atoms with Gasteiger partial charge in [0.25, 0.3) is 0 Å². The minimum Gasteiger partial charge on any atom is -0.444 e. The van der Waals surface area contributed by atoms with Gasteiger partial charge in [-0.25, -0.2) is 4.79 Å². The number of piperazine rings is 1. The molecular weight excluding hydrogens is 228 g/mol. The third-order valence-corrected chi connectivity index (χ3v) is 3.04. The van der Waals surface area contributed by atoms with Gasteiger partial charge in [0, 0.05) is 25.2 Å². The predicted molar refractivity (Wildman–Crippen MR) is 73.6 cm³/mol. The number of amides is 1. The highest BCUT2D eigenvalue weighted by atomic mass is 16.6. The van der Waals surface area contributed by atoms with Crippen LogP contribution in [-0.4, -0.2) is 41.8 Å². The van der Waals surface area contributed by atoms with Crippen molar-refractivity contribution in [3.63, 3.8) is 0 Å². The molecule has 0 spiro atoms. The maximum atomic E-state index is 12.3. The molecule has 4 nitrogen and oxygen atoms in total. The fraction of sp³-hybridized carbons (Fsp3) is 0.929. The molecule has 4 heteroatoms. The van der Waals surface area contributed by atoms with Crippen LogP contribution >= 0.6 is 0 Å². The highest BCUT2D eigenvalue weighted by Gasteiger charge is 2.34. The van der Waals surface area contributed by atoms with E-state index in [1.54, 1.807) is 0 Å². The van der Waals surface area contributed by atoms with E-state index in [0.717, 1.165) is 19.5 Å². The molecule has 1 N–H and O–H groups in total. The molecule has 0 bridgehead atoms. The molecule has 1 unspecified atom stereocenters. The molecule has 1 saturated heterocycles. The SMILES string of the molecule is CC(C)CC1CNC[C@@H](C)N1C(=O)OC(C)(C)C. The van der Waals surface area contributed by atoms with Crippen molar-refractivity contribution in [1.82, 2.24) is 10.2 Å². The Morgan fingerprint density at radius 2 is 2.00 bits per heavy atom. The van der Waals surface area contributed by atoms with Crippen LogP contribution in [0, 0.1) is 5.92 Å². The maximum Gasteiger partial charge on any atom is 0.410 e. The van der Waals surface area contributed by atoms with Gasteiger partial charge in [0.2, 0.25) is 0 Å². The van der Waals surface area contributed by atoms with E-state index in [9.17, 15) is 4.79 Å². The van der Waals surface area contributed by atoms with Gasteiger partial charge in [0.05, 0.1) is 0 Å². The molecule has 2 atom stereocenters. The second-order valence-corrected chi connectivity index (χ2v) is 6.68. The molecule has 1 amide bonds. The summed E-state index contributed by atoms with van der Waals surface area (Å²) in [6.45, 7) is 13.9. The zero-order valence-corrected chi connectivity index (χ0v) is 12.6. The Kier molecular flexibility index (Phi) is 5.02. The number of carbonyl (C=O) groups is 1. The quantitative estimate of drug-likeness (QED) is 0.826. The first-order valence-corrected chi connectivity index (χ1v) is 6.92. The van der Waals surface area contributed by atoms with Crippen LogP contribution in [0.25, 0.3) is 0 Å². The van der Waals surface area contributed by atoms with Crippen LogP contribution in [0.3, 0.4) is 0 Å². The number of rotatable bonds is 2. The van der Waals surface area contributed by atoms with Gasteiger partial charge in [-0.15, -0.1) is 0 Å². The third-order valence-electron chi connectivity index (χ3n) is 3.04. The van der Waals surface area contributed by atoms with E-state index in [2.05, 4.69) is 26.1 Å². The van der Waals surface area contributed by atoms with Crippen molar-refractivity contribution in [2.24, 2.45) is 5.92 Å². The Balaban J connectivity index is 2.74. The summed E-state index contributed by atoms with van der Waals surface area (Å²) in [4.78, 5) is 14.2. The average molecular weight is 256 g/mol. The summed E-state index contributed by atoms with van der Waals surface area (Å²) in [5.74, 6) is 0.576. The van der Waals surface area contributed by atoms with Crippen molar-refractivity contribution in [3.8, 4) is 0 Å². The van der Waals surface area contributed by atoms with Gasteiger partial charge in [-0.05, 0) is 40.0 Å². The fourth-order valence-electron chi connectivity index (χ4n) is 2.40. The lowest BCUT2D eigenvalue weighted by molar-refractivity contribution is -0.00210. The van der Waals surface area contributed by atoms with Crippen LogP contribution in [0.2, 0.25) is 0 Å². The van der Waals surface area contributed by atoms with Crippen LogP contribution in [0.4, 0.5) is 4.79 Å². The molecule has 0 aromatic carbocycles. The molecular formula is C14H28N2O2. The van der Waals surface area contributed by atoms with Gasteiger partial charge >= 0.3 is 6.09 Å². The van der Waals surface area contributed by atoms with Gasteiger partial charge in [0.15, 0.2) is 0 Å². The molecule has 1 aliphatic rings. The summed E-state index contributed by atoms with van der Waals surface area (Å²) in [5.41, 5.74) is -0.427. The fourth-order valence-corrected chi connectivity index (χ4v) is 2.40. The number of nitrogens with zero attached hydrogens (tertiary/aromatic N) is 1. The maximum absolute atomic E-state index is 12.3. The number of nitrogens with one attached hydrogen (secondary N) is 1. The molecule has 0 aromatic rings. The van der Waals surface area contributed by atoms with E-state index in [-0.39, 0.29) is 18.2 Å². The zero-order chi connectivity index (χ0) is 13.9. The normalized spacial score (nSPS) is 25.4. The molecule has 106 valence electrons. The lowest BCUT2D eigenvalue weighted by atomic mass is 9.99. The van der Waals surface area contributed by atoms with Crippen LogP contribution in [0.5, 0.6) is 0 Å². The van der Waals surface area contributed by atoms with Crippen LogP contribution in [-0.2, 0) is 4.74 Å². The molecule has 0 radical (unpaired) electrons. The highest BCUT2D eigenvalue weighted by Crippen LogP contribution is 2.20. The monoisotopic (exact) mass is 256 g/mol. The van der Waals surface area contributed by atoms with E-state index in [1.165, 1.54) is 0 Å². The first-order valence-electron chi connectivity index (χ1n) is 6.92. The van der Waals surface area contributed by atoms with Crippen molar-refractivity contribution < 1.29 is 9.53 Å². The molecule has 1 rings (SSSR count). The summed E-state index contributed by atoms with van der Waals surface area (Å²) in [5, 5.41) is 3.39. The number of hydrogen-bond acceptors (Lipinski definition) is 3. The Labute approximate surface area is 111 Å². The van der Waals surface area contributed by atoms with Gasteiger partial charge < -0.3 is 10.1 Å². The van der Waals surface area contributed by atoms with Crippen LogP contribution < -0.4 is 5.32 Å². The van der Waals surface area contributed by atoms with Gasteiger partial charge in [-0.2, -0.15) is 0 Å². The first-order chi connectivity index (χ1) is 8.20. The number of ether oxygens (including phenoxy) is 1. The molecule has 0 aromatic heterocycles. The number of hydrogen-bond donors (Lipinski definition) is 1. The van der Waals surface area contributed by atoms with Gasteiger partial charge in [-0.1, -0.05) is 13.8 Å². The van der Waals surface area contributed by atoms with Gasteiger partial charge in [0.1, 0.15) is 5.60 Å². The summed E-state index contributed by atoms with van der Waals surface area (Å²) < 4.78 is 5.52. The second kappa shape index (κ2) is 5.91. The van der Waals surface area contributed by atoms with Crippen molar-refractivity contribution in [3.05, 3.63) is 0 Å². The van der Waals surface area contributed by atoms with E-state index in [1.807, 2.05) is 25.7 Å². The van der Waals surface area contributed by atoms with Gasteiger partial charge in [-0.3, -0.25) is 4.90 Å². The molecule has 0 aliphatic carbocycles. The van der Waals surface area contributed by atoms with E-state index in [4.69, 9.17) is 4.74 Å². The van der Waals surface area contributed by atoms with E-state index in [0.29, 0.717) is 5.92 Å². The van der Waals surface area contributed by atoms with Crippen molar-refractivity contribution in [2.75, 3.05) is 13.1 Å². The van der Waals surface area contributed by atoms with E-state index < -0.39 is 5.60 Å². The Morgan fingerprint density at radius 3 is 2.50 bits per heavy atom. The summed E-state index contributed by atoms with van der Waals surface area (Å²) in [6.07, 6.45) is 0.832. The Morgan fingerprint density at radius 1 is 1.39 bits per heavy atom. The zero-order valence-electron chi connectivity index (χ0n) is 12.6. The smallest absolute Gasteiger partial charge is 0.410 e. The van der Waals surface area contributed by atoms with Crippen LogP contribution in [0.15, 0.2) is 0 Å². The summed E-state index contributed by atoms with van der Waals surface area (Å²) in [6, 6.07) is 0.431. The molecule has 1 heterocycles. The lowest BCUT2D eigenvalue weighted by Gasteiger charge is -2.42. The minimum absolute atomic E-state index is 0.179.